The van der Waals surface area contributed by atoms with E-state index >= 15 is 0 Å². The van der Waals surface area contributed by atoms with E-state index in [-0.39, 0.29) is 48.0 Å². The summed E-state index contributed by atoms with van der Waals surface area (Å²) < 4.78 is 102. The standard InChI is InChI=1S/C21H18F3N5O3S.C13H8ClF3N4O/c1-33(31,32)15-4-2-3-12(7-15)10-25-19-16(21(22,23)24)11-26-20(29-19)27-14-5-6-17-13(8-14)9-18(30)28-17;14-11-8(13(15,16)17)5-18-12(21-11)19-7-1-2-9-6(3-7)4-10(22)20-9/h2-8,11H,9-10H2,1H3,(H,28,30)(H2,25,26,27,29);1-3,5H,4H2,(H,20,22)(H,18,19,21). The van der Waals surface area contributed by atoms with Gasteiger partial charge in [0.05, 0.1) is 17.7 Å². The largest absolute Gasteiger partial charge is 0.421 e. The van der Waals surface area contributed by atoms with Crippen molar-refractivity contribution >= 4 is 73.7 Å². The number of fused-ring (bicyclic) bond motifs is 2. The summed E-state index contributed by atoms with van der Waals surface area (Å²) in [5, 5.41) is 12.9. The van der Waals surface area contributed by atoms with Crippen LogP contribution in [0, 0.1) is 0 Å². The van der Waals surface area contributed by atoms with Gasteiger partial charge in [-0.3, -0.25) is 9.59 Å². The number of amides is 2. The molecular weight excluding hydrogens is 780 g/mol. The van der Waals surface area contributed by atoms with Gasteiger partial charge in [-0.05, 0) is 65.2 Å². The normalized spacial score (nSPS) is 13.5. The average molecular weight is 806 g/mol. The van der Waals surface area contributed by atoms with Crippen LogP contribution in [0.1, 0.15) is 27.8 Å². The predicted molar refractivity (Wildman–Crippen MR) is 190 cm³/mol. The molecule has 0 unspecified atom stereocenters. The van der Waals surface area contributed by atoms with Gasteiger partial charge in [0.15, 0.2) is 9.84 Å². The molecule has 5 aromatic rings. The second-order valence-corrected chi connectivity index (χ2v) is 14.4. The molecule has 0 aliphatic carbocycles. The predicted octanol–water partition coefficient (Wildman–Crippen LogP) is 7.14. The number of sulfone groups is 1. The molecule has 0 atom stereocenters. The summed E-state index contributed by atoms with van der Waals surface area (Å²) in [6.45, 7) is -0.0878. The number of hydrogen-bond donors (Lipinski definition) is 5. The lowest BCUT2D eigenvalue weighted by Crippen LogP contribution is -2.14. The Hall–Kier alpha value is -6.02. The van der Waals surface area contributed by atoms with Crippen LogP contribution in [0.5, 0.6) is 0 Å². The monoisotopic (exact) mass is 805 g/mol. The van der Waals surface area contributed by atoms with E-state index in [4.69, 9.17) is 11.6 Å². The molecule has 286 valence electrons. The highest BCUT2D eigenvalue weighted by atomic mass is 35.5. The van der Waals surface area contributed by atoms with Gasteiger partial charge in [-0.15, -0.1) is 0 Å². The molecule has 21 heteroatoms. The zero-order valence-corrected chi connectivity index (χ0v) is 29.6. The first-order valence-electron chi connectivity index (χ1n) is 15.8. The minimum absolute atomic E-state index is 0.0600. The molecule has 2 aliphatic rings. The Balaban J connectivity index is 0.000000203. The quantitative estimate of drug-likeness (QED) is 0.0795. The summed E-state index contributed by atoms with van der Waals surface area (Å²) in [6, 6.07) is 16.0. The lowest BCUT2D eigenvalue weighted by atomic mass is 10.1. The third-order valence-electron chi connectivity index (χ3n) is 7.90. The van der Waals surface area contributed by atoms with E-state index < -0.39 is 44.3 Å². The highest BCUT2D eigenvalue weighted by molar-refractivity contribution is 7.90. The fraction of sp³-hybridized carbons (Fsp3) is 0.176. The maximum absolute atomic E-state index is 13.5. The number of alkyl halides is 6. The zero-order valence-electron chi connectivity index (χ0n) is 28.0. The van der Waals surface area contributed by atoms with E-state index in [2.05, 4.69) is 46.5 Å². The molecule has 13 nitrogen and oxygen atoms in total. The van der Waals surface area contributed by atoms with Crippen molar-refractivity contribution in [2.24, 2.45) is 0 Å². The number of aromatic nitrogens is 4. The van der Waals surface area contributed by atoms with Crippen LogP contribution in [0.3, 0.4) is 0 Å². The third-order valence-corrected chi connectivity index (χ3v) is 9.30. The number of carbonyl (C=O) groups excluding carboxylic acids is 2. The number of hydrogen-bond acceptors (Lipinski definition) is 11. The van der Waals surface area contributed by atoms with Crippen molar-refractivity contribution in [3.05, 3.63) is 106 Å². The molecule has 2 aromatic heterocycles. The van der Waals surface area contributed by atoms with Crippen LogP contribution in [0.25, 0.3) is 0 Å². The number of anilines is 7. The van der Waals surface area contributed by atoms with Crippen LogP contribution >= 0.6 is 11.6 Å². The zero-order chi connectivity index (χ0) is 39.7. The fourth-order valence-corrected chi connectivity index (χ4v) is 6.27. The molecule has 7 rings (SSSR count). The van der Waals surface area contributed by atoms with Crippen LogP contribution in [0.4, 0.5) is 66.8 Å². The minimum atomic E-state index is -4.70. The average Bonchev–Trinajstić information content (AvgIpc) is 3.66. The van der Waals surface area contributed by atoms with Crippen molar-refractivity contribution in [3.8, 4) is 0 Å². The van der Waals surface area contributed by atoms with Crippen molar-refractivity contribution in [2.45, 2.75) is 36.6 Å². The summed E-state index contributed by atoms with van der Waals surface area (Å²) in [6.07, 6.45) is -6.50. The maximum Gasteiger partial charge on any atom is 0.421 e. The van der Waals surface area contributed by atoms with Gasteiger partial charge in [-0.2, -0.15) is 31.3 Å². The molecular formula is C34H26ClF6N9O4S. The number of benzene rings is 3. The Kier molecular flexibility index (Phi) is 10.6. The van der Waals surface area contributed by atoms with Gasteiger partial charge in [0.25, 0.3) is 0 Å². The first-order valence-corrected chi connectivity index (χ1v) is 18.1. The molecule has 0 fully saturated rings. The van der Waals surface area contributed by atoms with Gasteiger partial charge in [0, 0.05) is 47.9 Å². The van der Waals surface area contributed by atoms with E-state index in [9.17, 15) is 44.3 Å². The Morgan fingerprint density at radius 2 is 1.27 bits per heavy atom. The van der Waals surface area contributed by atoms with Crippen LogP contribution in [0.2, 0.25) is 5.15 Å². The molecule has 2 aliphatic heterocycles. The lowest BCUT2D eigenvalue weighted by Gasteiger charge is -2.15. The molecule has 0 saturated heterocycles. The molecule has 5 N–H and O–H groups in total. The molecule has 0 spiro atoms. The summed E-state index contributed by atoms with van der Waals surface area (Å²) in [4.78, 5) is 37.8. The molecule has 0 radical (unpaired) electrons. The molecule has 0 bridgehead atoms. The minimum Gasteiger partial charge on any atom is -0.365 e. The van der Waals surface area contributed by atoms with Crippen molar-refractivity contribution in [2.75, 3.05) is 32.8 Å². The summed E-state index contributed by atoms with van der Waals surface area (Å²) in [7, 11) is -3.46. The van der Waals surface area contributed by atoms with E-state index in [0.29, 0.717) is 40.7 Å². The number of carbonyl (C=O) groups is 2. The third kappa shape index (κ3) is 9.57. The SMILES string of the molecule is CS(=O)(=O)c1cccc(CNc2nc(Nc3ccc4c(c3)CC(=O)N4)ncc2C(F)(F)F)c1.O=C1Cc2cc(Nc3ncc(C(F)(F)F)c(Cl)n3)ccc2N1. The first-order chi connectivity index (χ1) is 25.8. The maximum atomic E-state index is 13.5. The molecule has 2 amide bonds. The highest BCUT2D eigenvalue weighted by Gasteiger charge is 2.36. The smallest absolute Gasteiger partial charge is 0.365 e. The van der Waals surface area contributed by atoms with Gasteiger partial charge in [-0.1, -0.05) is 23.7 Å². The number of nitrogens with zero attached hydrogens (tertiary/aromatic N) is 4. The molecule has 3 aromatic carbocycles. The van der Waals surface area contributed by atoms with Crippen LogP contribution < -0.4 is 26.6 Å². The Labute approximate surface area is 312 Å². The first kappa shape index (κ1) is 38.7. The van der Waals surface area contributed by atoms with E-state index in [0.717, 1.165) is 17.4 Å². The van der Waals surface area contributed by atoms with E-state index in [1.807, 2.05) is 0 Å². The van der Waals surface area contributed by atoms with Gasteiger partial charge in [-0.25, -0.2) is 23.4 Å². The van der Waals surface area contributed by atoms with Gasteiger partial charge < -0.3 is 26.6 Å². The highest BCUT2D eigenvalue weighted by Crippen LogP contribution is 2.36. The molecule has 55 heavy (non-hydrogen) atoms. The Morgan fingerprint density at radius 3 is 1.78 bits per heavy atom. The van der Waals surface area contributed by atoms with Gasteiger partial charge in [0.1, 0.15) is 22.1 Å². The van der Waals surface area contributed by atoms with E-state index in [1.54, 1.807) is 42.5 Å². The summed E-state index contributed by atoms with van der Waals surface area (Å²) in [5.41, 5.74) is 2.30. The number of nitrogens with one attached hydrogen (secondary N) is 5. The van der Waals surface area contributed by atoms with Crippen molar-refractivity contribution in [1.82, 2.24) is 19.9 Å². The number of halogens is 7. The van der Waals surface area contributed by atoms with Crippen molar-refractivity contribution < 1.29 is 44.3 Å². The second kappa shape index (κ2) is 15.0. The molecule has 0 saturated carbocycles. The van der Waals surface area contributed by atoms with Crippen molar-refractivity contribution in [1.29, 1.82) is 0 Å². The van der Waals surface area contributed by atoms with Gasteiger partial charge >= 0.3 is 12.4 Å². The van der Waals surface area contributed by atoms with E-state index in [1.165, 1.54) is 18.2 Å². The summed E-state index contributed by atoms with van der Waals surface area (Å²) >= 11 is 5.53. The lowest BCUT2D eigenvalue weighted by molar-refractivity contribution is -0.138. The Bertz CT molecular complexity index is 2430. The Morgan fingerprint density at radius 1 is 0.745 bits per heavy atom. The topological polar surface area (TPSA) is 180 Å². The van der Waals surface area contributed by atoms with Crippen LogP contribution in [0.15, 0.2) is 78.0 Å². The van der Waals surface area contributed by atoms with Crippen LogP contribution in [-0.4, -0.2) is 46.4 Å². The van der Waals surface area contributed by atoms with Crippen LogP contribution in [-0.2, 0) is 51.2 Å². The van der Waals surface area contributed by atoms with Crippen molar-refractivity contribution in [3.63, 3.8) is 0 Å². The second-order valence-electron chi connectivity index (χ2n) is 12.1. The summed E-state index contributed by atoms with van der Waals surface area (Å²) in [5.74, 6) is -0.842. The molecule has 4 heterocycles. The van der Waals surface area contributed by atoms with Gasteiger partial charge in [0.2, 0.25) is 23.7 Å². The number of rotatable bonds is 8. The fourth-order valence-electron chi connectivity index (χ4n) is 5.34.